The van der Waals surface area contributed by atoms with Gasteiger partial charge in [0.2, 0.25) is 0 Å². The lowest BCUT2D eigenvalue weighted by molar-refractivity contribution is 1.21. The lowest BCUT2D eigenvalue weighted by atomic mass is 10.4. The Bertz CT molecular complexity index is 442. The third-order valence-corrected chi connectivity index (χ3v) is 5.17. The molecule has 0 unspecified atom stereocenters. The van der Waals surface area contributed by atoms with Crippen LogP contribution < -0.4 is 0 Å². The zero-order valence-electron chi connectivity index (χ0n) is 6.91. The van der Waals surface area contributed by atoms with Gasteiger partial charge in [-0.25, -0.2) is 4.98 Å². The number of benzene rings is 1. The Kier molecular flexibility index (Phi) is 3.65. The van der Waals surface area contributed by atoms with Gasteiger partial charge in [-0.2, -0.15) is 0 Å². The van der Waals surface area contributed by atoms with E-state index < -0.39 is 0 Å². The van der Waals surface area contributed by atoms with Gasteiger partial charge in [0.05, 0.1) is 0 Å². The van der Waals surface area contributed by atoms with Gasteiger partial charge in [-0.3, -0.25) is 0 Å². The molecular weight excluding hydrogens is 346 g/mol. The third-order valence-electron chi connectivity index (χ3n) is 1.49. The Labute approximate surface area is 107 Å². The highest BCUT2D eigenvalue weighted by Crippen LogP contribution is 2.35. The predicted octanol–water partition coefficient (Wildman–Crippen LogP) is 4.82. The molecule has 2 rings (SSSR count). The van der Waals surface area contributed by atoms with Crippen LogP contribution in [-0.2, 0) is 0 Å². The molecule has 2 aromatic rings. The van der Waals surface area contributed by atoms with E-state index in [9.17, 15) is 0 Å². The smallest absolute Gasteiger partial charge is 0.156 e. The second kappa shape index (κ2) is 4.79. The van der Waals surface area contributed by atoms with Crippen molar-refractivity contribution in [3.05, 3.63) is 38.7 Å². The summed E-state index contributed by atoms with van der Waals surface area (Å²) in [5.41, 5.74) is 0. The first kappa shape index (κ1) is 10.7. The predicted molar refractivity (Wildman–Crippen MR) is 68.1 cm³/mol. The SMILES string of the molecule is Brc1csc(Sc2ccccc2Br)n1. The molecule has 1 nitrogen and oxygen atoms in total. The van der Waals surface area contributed by atoms with Crippen molar-refractivity contribution in [2.24, 2.45) is 0 Å². The molecule has 0 bridgehead atoms. The summed E-state index contributed by atoms with van der Waals surface area (Å²) in [5, 5.41) is 1.99. The van der Waals surface area contributed by atoms with E-state index >= 15 is 0 Å². The summed E-state index contributed by atoms with van der Waals surface area (Å²) in [4.78, 5) is 5.51. The largest absolute Gasteiger partial charge is 0.222 e. The van der Waals surface area contributed by atoms with Gasteiger partial charge < -0.3 is 0 Å². The Hall–Kier alpha value is 0.160. The molecule has 0 saturated carbocycles. The molecule has 0 aliphatic carbocycles. The van der Waals surface area contributed by atoms with Gasteiger partial charge in [0.25, 0.3) is 0 Å². The van der Waals surface area contributed by atoms with Crippen molar-refractivity contribution in [2.45, 2.75) is 9.24 Å². The molecule has 14 heavy (non-hydrogen) atoms. The van der Waals surface area contributed by atoms with Crippen LogP contribution in [0.5, 0.6) is 0 Å². The maximum absolute atomic E-state index is 4.32. The van der Waals surface area contributed by atoms with E-state index in [1.54, 1.807) is 23.1 Å². The summed E-state index contributed by atoms with van der Waals surface area (Å²) in [6, 6.07) is 8.14. The fourth-order valence-corrected chi connectivity index (χ4v) is 3.78. The normalized spacial score (nSPS) is 10.4. The number of nitrogens with zero attached hydrogens (tertiary/aromatic N) is 1. The average molecular weight is 351 g/mol. The summed E-state index contributed by atoms with van der Waals surface area (Å²) in [5.74, 6) is 0. The molecule has 0 atom stereocenters. The molecule has 72 valence electrons. The number of hydrogen-bond donors (Lipinski definition) is 0. The van der Waals surface area contributed by atoms with E-state index in [-0.39, 0.29) is 0 Å². The molecule has 0 spiro atoms. The first-order chi connectivity index (χ1) is 6.75. The number of hydrogen-bond acceptors (Lipinski definition) is 3. The van der Waals surface area contributed by atoms with Crippen molar-refractivity contribution < 1.29 is 0 Å². The van der Waals surface area contributed by atoms with Crippen molar-refractivity contribution in [1.29, 1.82) is 0 Å². The molecule has 0 amide bonds. The summed E-state index contributed by atoms with van der Waals surface area (Å²) in [6.45, 7) is 0. The molecular formula is C9H5Br2NS2. The zero-order chi connectivity index (χ0) is 9.97. The minimum Gasteiger partial charge on any atom is -0.222 e. The number of halogens is 2. The van der Waals surface area contributed by atoms with Crippen molar-refractivity contribution in [3.8, 4) is 0 Å². The van der Waals surface area contributed by atoms with E-state index in [1.165, 1.54) is 4.90 Å². The molecule has 0 aliphatic heterocycles. The molecule has 0 fully saturated rings. The van der Waals surface area contributed by atoms with E-state index in [4.69, 9.17) is 0 Å². The molecule has 0 aliphatic rings. The van der Waals surface area contributed by atoms with Crippen molar-refractivity contribution in [1.82, 2.24) is 4.98 Å². The average Bonchev–Trinajstić information content (AvgIpc) is 2.56. The third kappa shape index (κ3) is 2.59. The lowest BCUT2D eigenvalue weighted by Gasteiger charge is -1.99. The molecule has 1 aromatic heterocycles. The van der Waals surface area contributed by atoms with E-state index in [1.807, 2.05) is 23.6 Å². The van der Waals surface area contributed by atoms with Gasteiger partial charge in [-0.15, -0.1) is 11.3 Å². The van der Waals surface area contributed by atoms with Crippen LogP contribution >= 0.6 is 55.0 Å². The fraction of sp³-hybridized carbons (Fsp3) is 0. The number of rotatable bonds is 2. The van der Waals surface area contributed by atoms with Crippen molar-refractivity contribution >= 4 is 55.0 Å². The van der Waals surface area contributed by atoms with Gasteiger partial charge >= 0.3 is 0 Å². The number of aromatic nitrogens is 1. The monoisotopic (exact) mass is 349 g/mol. The zero-order valence-corrected chi connectivity index (χ0v) is 11.7. The fourth-order valence-electron chi connectivity index (χ4n) is 0.907. The van der Waals surface area contributed by atoms with Gasteiger partial charge in [-0.1, -0.05) is 23.9 Å². The molecule has 1 heterocycles. The highest BCUT2D eigenvalue weighted by molar-refractivity contribution is 9.10. The molecule has 1 aromatic carbocycles. The van der Waals surface area contributed by atoms with Crippen LogP contribution in [0.3, 0.4) is 0 Å². The van der Waals surface area contributed by atoms with Crippen LogP contribution in [0.2, 0.25) is 0 Å². The maximum atomic E-state index is 4.32. The van der Waals surface area contributed by atoms with E-state index in [0.717, 1.165) is 13.4 Å². The molecule has 5 heteroatoms. The molecule has 0 saturated heterocycles. The standard InChI is InChI=1S/C9H5Br2NS2/c10-6-3-1-2-4-7(6)14-9-12-8(11)5-13-9/h1-5H. The topological polar surface area (TPSA) is 12.9 Å². The Morgan fingerprint density at radius 1 is 1.21 bits per heavy atom. The van der Waals surface area contributed by atoms with Crippen molar-refractivity contribution in [2.75, 3.05) is 0 Å². The summed E-state index contributed by atoms with van der Waals surface area (Å²) < 4.78 is 3.05. The van der Waals surface area contributed by atoms with E-state index in [0.29, 0.717) is 0 Å². The second-order valence-electron chi connectivity index (χ2n) is 2.47. The molecule has 0 N–H and O–H groups in total. The first-order valence-corrected chi connectivity index (χ1v) is 7.07. The highest BCUT2D eigenvalue weighted by atomic mass is 79.9. The minimum absolute atomic E-state index is 0.900. The van der Waals surface area contributed by atoms with Crippen LogP contribution in [0, 0.1) is 0 Å². The van der Waals surface area contributed by atoms with Crippen molar-refractivity contribution in [3.63, 3.8) is 0 Å². The van der Waals surface area contributed by atoms with Gasteiger partial charge in [-0.05, 0) is 44.0 Å². The minimum atomic E-state index is 0.900. The summed E-state index contributed by atoms with van der Waals surface area (Å²) in [6.07, 6.45) is 0. The van der Waals surface area contributed by atoms with Crippen LogP contribution in [0.25, 0.3) is 0 Å². The van der Waals surface area contributed by atoms with Crippen LogP contribution in [-0.4, -0.2) is 4.98 Å². The van der Waals surface area contributed by atoms with Crippen LogP contribution in [0.15, 0.2) is 48.0 Å². The highest BCUT2D eigenvalue weighted by Gasteiger charge is 2.04. The van der Waals surface area contributed by atoms with Gasteiger partial charge in [0.1, 0.15) is 4.60 Å². The lowest BCUT2D eigenvalue weighted by Crippen LogP contribution is -1.73. The van der Waals surface area contributed by atoms with Gasteiger partial charge in [0.15, 0.2) is 4.34 Å². The summed E-state index contributed by atoms with van der Waals surface area (Å²) in [7, 11) is 0. The maximum Gasteiger partial charge on any atom is 0.156 e. The summed E-state index contributed by atoms with van der Waals surface area (Å²) >= 11 is 10.1. The quantitative estimate of drug-likeness (QED) is 0.770. The van der Waals surface area contributed by atoms with Crippen LogP contribution in [0.1, 0.15) is 0 Å². The Balaban J connectivity index is 2.23. The first-order valence-electron chi connectivity index (χ1n) is 3.79. The number of thiazole rings is 1. The Morgan fingerprint density at radius 3 is 2.64 bits per heavy atom. The van der Waals surface area contributed by atoms with Gasteiger partial charge in [0, 0.05) is 14.7 Å². The second-order valence-corrected chi connectivity index (χ2v) is 6.28. The van der Waals surface area contributed by atoms with E-state index in [2.05, 4.69) is 42.9 Å². The molecule has 0 radical (unpaired) electrons. The Morgan fingerprint density at radius 2 is 2.00 bits per heavy atom. The van der Waals surface area contributed by atoms with Crippen LogP contribution in [0.4, 0.5) is 0 Å².